The van der Waals surface area contributed by atoms with Crippen molar-refractivity contribution in [1.29, 1.82) is 0 Å². The van der Waals surface area contributed by atoms with Crippen LogP contribution < -0.4 is 15.2 Å². The summed E-state index contributed by atoms with van der Waals surface area (Å²) in [5.74, 6) is 1.13. The number of benzene rings is 2. The minimum Gasteiger partial charge on any atom is -0.492 e. The Hall–Kier alpha value is -2.21. The van der Waals surface area contributed by atoms with Gasteiger partial charge in [0.25, 0.3) is 0 Å². The van der Waals surface area contributed by atoms with Gasteiger partial charge >= 0.3 is 6.18 Å². The summed E-state index contributed by atoms with van der Waals surface area (Å²) in [5, 5.41) is 0. The fraction of sp³-hybridized carbons (Fsp3) is 0.400. The maximum Gasteiger partial charge on any atom is 0.416 e. The monoisotopic (exact) mass is 365 g/mol. The van der Waals surface area contributed by atoms with Gasteiger partial charge in [-0.05, 0) is 24.6 Å². The van der Waals surface area contributed by atoms with E-state index in [0.29, 0.717) is 30.2 Å². The van der Waals surface area contributed by atoms with Crippen molar-refractivity contribution in [1.82, 2.24) is 0 Å². The van der Waals surface area contributed by atoms with E-state index in [0.717, 1.165) is 11.6 Å². The lowest BCUT2D eigenvalue weighted by atomic mass is 9.77. The number of halogens is 3. The van der Waals surface area contributed by atoms with Gasteiger partial charge in [-0.15, -0.1) is 0 Å². The summed E-state index contributed by atoms with van der Waals surface area (Å²) in [7, 11) is 0. The first-order valence-corrected chi connectivity index (χ1v) is 8.62. The Morgan fingerprint density at radius 2 is 1.88 bits per heavy atom. The molecule has 1 aliphatic rings. The average Bonchev–Trinajstić information content (AvgIpc) is 2.60. The molecule has 0 aromatic heterocycles. The van der Waals surface area contributed by atoms with E-state index in [2.05, 4.69) is 0 Å². The van der Waals surface area contributed by atoms with Gasteiger partial charge in [0.15, 0.2) is 0 Å². The summed E-state index contributed by atoms with van der Waals surface area (Å²) < 4.78 is 50.9. The molecule has 0 fully saturated rings. The number of rotatable bonds is 4. The van der Waals surface area contributed by atoms with Crippen LogP contribution in [0.25, 0.3) is 0 Å². The molecule has 3 atom stereocenters. The largest absolute Gasteiger partial charge is 0.492 e. The van der Waals surface area contributed by atoms with Crippen molar-refractivity contribution >= 4 is 0 Å². The van der Waals surface area contributed by atoms with Crippen LogP contribution in [-0.4, -0.2) is 19.3 Å². The molecular formula is C20H22F3NO2. The number of ether oxygens (including phenoxy) is 2. The van der Waals surface area contributed by atoms with Gasteiger partial charge in [0.1, 0.15) is 18.1 Å². The molecule has 1 heterocycles. The van der Waals surface area contributed by atoms with Crippen LogP contribution >= 0.6 is 0 Å². The Morgan fingerprint density at radius 3 is 2.58 bits per heavy atom. The molecule has 0 radical (unpaired) electrons. The Kier molecular flexibility index (Phi) is 5.14. The smallest absolute Gasteiger partial charge is 0.416 e. The predicted octanol–water partition coefficient (Wildman–Crippen LogP) is 4.59. The second-order valence-corrected chi connectivity index (χ2v) is 6.62. The SMILES string of the molecule is CC1Oc2cc(OCCN)ccc2C(c2cccc(C(F)(F)F)c2)C1C. The van der Waals surface area contributed by atoms with Crippen molar-refractivity contribution in [3.05, 3.63) is 59.2 Å². The third-order valence-corrected chi connectivity index (χ3v) is 4.86. The van der Waals surface area contributed by atoms with Crippen molar-refractivity contribution in [2.75, 3.05) is 13.2 Å². The molecule has 0 amide bonds. The molecule has 0 saturated carbocycles. The fourth-order valence-electron chi connectivity index (χ4n) is 3.39. The fourth-order valence-corrected chi connectivity index (χ4v) is 3.39. The molecule has 0 aliphatic carbocycles. The van der Waals surface area contributed by atoms with Crippen molar-refractivity contribution < 1.29 is 22.6 Å². The van der Waals surface area contributed by atoms with Gasteiger partial charge in [-0.2, -0.15) is 13.2 Å². The van der Waals surface area contributed by atoms with E-state index in [1.165, 1.54) is 12.1 Å². The van der Waals surface area contributed by atoms with E-state index in [9.17, 15) is 13.2 Å². The Morgan fingerprint density at radius 1 is 1.12 bits per heavy atom. The molecule has 2 aromatic carbocycles. The first-order chi connectivity index (χ1) is 12.3. The van der Waals surface area contributed by atoms with E-state index in [1.807, 2.05) is 19.9 Å². The van der Waals surface area contributed by atoms with Crippen LogP contribution in [0.15, 0.2) is 42.5 Å². The molecule has 2 aromatic rings. The van der Waals surface area contributed by atoms with Crippen molar-refractivity contribution in [3.63, 3.8) is 0 Å². The van der Waals surface area contributed by atoms with Crippen LogP contribution in [0.5, 0.6) is 11.5 Å². The second-order valence-electron chi connectivity index (χ2n) is 6.62. The maximum atomic E-state index is 13.1. The topological polar surface area (TPSA) is 44.5 Å². The third-order valence-electron chi connectivity index (χ3n) is 4.86. The van der Waals surface area contributed by atoms with Crippen LogP contribution in [0.1, 0.15) is 36.5 Å². The maximum absolute atomic E-state index is 13.1. The number of hydrogen-bond acceptors (Lipinski definition) is 3. The first-order valence-electron chi connectivity index (χ1n) is 8.62. The van der Waals surface area contributed by atoms with E-state index < -0.39 is 11.7 Å². The number of nitrogens with two attached hydrogens (primary N) is 1. The normalized spacial score (nSPS) is 22.5. The molecule has 26 heavy (non-hydrogen) atoms. The van der Waals surface area contributed by atoms with Crippen molar-refractivity contribution in [2.45, 2.75) is 32.0 Å². The number of fused-ring (bicyclic) bond motifs is 1. The molecule has 3 nitrogen and oxygen atoms in total. The van der Waals surface area contributed by atoms with E-state index in [1.54, 1.807) is 18.2 Å². The highest BCUT2D eigenvalue weighted by atomic mass is 19.4. The van der Waals surface area contributed by atoms with Gasteiger partial charge < -0.3 is 15.2 Å². The highest BCUT2D eigenvalue weighted by Crippen LogP contribution is 2.46. The minimum absolute atomic E-state index is 0.0294. The lowest BCUT2D eigenvalue weighted by molar-refractivity contribution is -0.137. The standard InChI is InChI=1S/C20H22F3NO2/c1-12-13(2)26-18-11-16(25-9-8-24)6-7-17(18)19(12)14-4-3-5-15(10-14)20(21,22)23/h3-7,10-13,19H,8-9,24H2,1-2H3. The highest BCUT2D eigenvalue weighted by Gasteiger charge is 2.36. The van der Waals surface area contributed by atoms with Crippen LogP contribution in [0.2, 0.25) is 0 Å². The Balaban J connectivity index is 2.02. The molecule has 0 spiro atoms. The van der Waals surface area contributed by atoms with E-state index >= 15 is 0 Å². The highest BCUT2D eigenvalue weighted by molar-refractivity contribution is 5.49. The zero-order chi connectivity index (χ0) is 18.9. The summed E-state index contributed by atoms with van der Waals surface area (Å²) in [6.07, 6.45) is -4.49. The lowest BCUT2D eigenvalue weighted by Gasteiger charge is -2.37. The quantitative estimate of drug-likeness (QED) is 0.862. The molecule has 140 valence electrons. The molecule has 0 saturated heterocycles. The molecule has 3 unspecified atom stereocenters. The van der Waals surface area contributed by atoms with Gasteiger partial charge in [0.05, 0.1) is 11.7 Å². The average molecular weight is 365 g/mol. The van der Waals surface area contributed by atoms with Gasteiger partial charge in [0.2, 0.25) is 0 Å². The van der Waals surface area contributed by atoms with Crippen molar-refractivity contribution in [3.8, 4) is 11.5 Å². The minimum atomic E-state index is -4.36. The van der Waals surface area contributed by atoms with Crippen LogP contribution in [0, 0.1) is 5.92 Å². The van der Waals surface area contributed by atoms with Gasteiger partial charge in [-0.1, -0.05) is 31.2 Å². The second kappa shape index (κ2) is 7.19. The zero-order valence-electron chi connectivity index (χ0n) is 14.7. The predicted molar refractivity (Wildman–Crippen MR) is 93.5 cm³/mol. The number of alkyl halides is 3. The summed E-state index contributed by atoms with van der Waals surface area (Å²) >= 11 is 0. The molecule has 2 N–H and O–H groups in total. The van der Waals surface area contributed by atoms with Gasteiger partial charge in [-0.3, -0.25) is 0 Å². The molecule has 6 heteroatoms. The molecule has 1 aliphatic heterocycles. The number of hydrogen-bond donors (Lipinski definition) is 1. The summed E-state index contributed by atoms with van der Waals surface area (Å²) in [6.45, 7) is 4.72. The van der Waals surface area contributed by atoms with E-state index in [-0.39, 0.29) is 17.9 Å². The summed E-state index contributed by atoms with van der Waals surface area (Å²) in [5.41, 5.74) is 6.33. The third kappa shape index (κ3) is 3.65. The molecular weight excluding hydrogens is 343 g/mol. The van der Waals surface area contributed by atoms with Gasteiger partial charge in [-0.25, -0.2) is 0 Å². The van der Waals surface area contributed by atoms with Crippen LogP contribution in [-0.2, 0) is 6.18 Å². The first kappa shape index (κ1) is 18.6. The van der Waals surface area contributed by atoms with Gasteiger partial charge in [0, 0.05) is 30.0 Å². The summed E-state index contributed by atoms with van der Waals surface area (Å²) in [4.78, 5) is 0. The zero-order valence-corrected chi connectivity index (χ0v) is 14.7. The van der Waals surface area contributed by atoms with Crippen molar-refractivity contribution in [2.24, 2.45) is 11.7 Å². The van der Waals surface area contributed by atoms with Crippen LogP contribution in [0.4, 0.5) is 13.2 Å². The molecule has 0 bridgehead atoms. The Bertz CT molecular complexity index is 776. The lowest BCUT2D eigenvalue weighted by Crippen LogP contribution is -2.32. The molecule has 3 rings (SSSR count). The van der Waals surface area contributed by atoms with Crippen LogP contribution in [0.3, 0.4) is 0 Å². The Labute approximate surface area is 150 Å². The summed E-state index contributed by atoms with van der Waals surface area (Å²) in [6, 6.07) is 11.0. The van der Waals surface area contributed by atoms with E-state index in [4.69, 9.17) is 15.2 Å².